The topological polar surface area (TPSA) is 102 Å². The van der Waals surface area contributed by atoms with Crippen LogP contribution in [0.25, 0.3) is 0 Å². The van der Waals surface area contributed by atoms with Gasteiger partial charge in [0, 0.05) is 11.3 Å². The van der Waals surface area contributed by atoms with Crippen LogP contribution in [0, 0.1) is 0 Å². The van der Waals surface area contributed by atoms with Crippen LogP contribution in [0.3, 0.4) is 0 Å². The zero-order chi connectivity index (χ0) is 22.7. The van der Waals surface area contributed by atoms with Crippen molar-refractivity contribution in [1.82, 2.24) is 9.78 Å². The van der Waals surface area contributed by atoms with Gasteiger partial charge >= 0.3 is 5.97 Å². The van der Waals surface area contributed by atoms with Crippen molar-refractivity contribution in [2.75, 3.05) is 10.9 Å². The number of carbonyl (C=O) groups excluding carboxylic acids is 1. The highest BCUT2D eigenvalue weighted by Crippen LogP contribution is 2.40. The summed E-state index contributed by atoms with van der Waals surface area (Å²) in [6.45, 7) is 2.02. The van der Waals surface area contributed by atoms with Gasteiger partial charge in [0.15, 0.2) is 0 Å². The number of nitrogens with zero attached hydrogens (tertiary/aromatic N) is 3. The largest absolute Gasteiger partial charge is 0.508 e. The Morgan fingerprint density at radius 3 is 2.59 bits per heavy atom. The second-order valence-electron chi connectivity index (χ2n) is 7.55. The summed E-state index contributed by atoms with van der Waals surface area (Å²) in [6, 6.07) is 13.9. The van der Waals surface area contributed by atoms with Gasteiger partial charge in [-0.1, -0.05) is 18.2 Å². The Hall–Kier alpha value is -3.33. The van der Waals surface area contributed by atoms with E-state index in [0.717, 1.165) is 17.7 Å². The van der Waals surface area contributed by atoms with E-state index in [1.165, 1.54) is 16.4 Å². The molecule has 1 heterocycles. The minimum atomic E-state index is -3.91. The number of esters is 1. The Morgan fingerprint density at radius 2 is 1.91 bits per heavy atom. The van der Waals surface area contributed by atoms with Gasteiger partial charge in [0.05, 0.1) is 29.4 Å². The van der Waals surface area contributed by atoms with Crippen molar-refractivity contribution in [1.29, 1.82) is 0 Å². The highest BCUT2D eigenvalue weighted by atomic mass is 32.2. The molecule has 0 fully saturated rings. The summed E-state index contributed by atoms with van der Waals surface area (Å²) in [5.41, 5.74) is 2.05. The van der Waals surface area contributed by atoms with Crippen LogP contribution in [-0.4, -0.2) is 35.9 Å². The summed E-state index contributed by atoms with van der Waals surface area (Å²) < 4.78 is 35.6. The monoisotopic (exact) mass is 455 g/mol. The number of benzene rings is 2. The molecule has 1 unspecified atom stereocenters. The molecule has 1 aromatic heterocycles. The molecule has 2 aromatic carbocycles. The third-order valence-corrected chi connectivity index (χ3v) is 7.35. The molecule has 0 bridgehead atoms. The normalized spacial score (nSPS) is 15.7. The van der Waals surface area contributed by atoms with Gasteiger partial charge in [0.1, 0.15) is 12.3 Å². The Bertz CT molecular complexity index is 1190. The molecular formula is C23H25N3O5S. The van der Waals surface area contributed by atoms with E-state index >= 15 is 0 Å². The fourth-order valence-electron chi connectivity index (χ4n) is 4.10. The van der Waals surface area contributed by atoms with Crippen molar-refractivity contribution >= 4 is 21.7 Å². The van der Waals surface area contributed by atoms with Gasteiger partial charge in [-0.3, -0.25) is 13.8 Å². The number of ether oxygens (including phenoxy) is 1. The van der Waals surface area contributed by atoms with Crippen LogP contribution in [0.1, 0.15) is 37.1 Å². The summed E-state index contributed by atoms with van der Waals surface area (Å²) in [5, 5.41) is 14.1. The molecule has 1 aliphatic carbocycles. The van der Waals surface area contributed by atoms with Crippen LogP contribution in [0.2, 0.25) is 0 Å². The number of sulfonamides is 1. The van der Waals surface area contributed by atoms with Gasteiger partial charge in [-0.05, 0) is 62.6 Å². The number of hydrogen-bond acceptors (Lipinski definition) is 6. The lowest BCUT2D eigenvalue weighted by molar-refractivity contribution is -0.144. The third kappa shape index (κ3) is 4.20. The van der Waals surface area contributed by atoms with Crippen molar-refractivity contribution < 1.29 is 23.1 Å². The van der Waals surface area contributed by atoms with Gasteiger partial charge in [-0.15, -0.1) is 0 Å². The van der Waals surface area contributed by atoms with Gasteiger partial charge in [-0.25, -0.2) is 8.42 Å². The van der Waals surface area contributed by atoms with E-state index in [9.17, 15) is 18.3 Å². The number of phenolic OH excluding ortho intramolecular Hbond substituents is 1. The summed E-state index contributed by atoms with van der Waals surface area (Å²) in [6.07, 6.45) is 3.68. The van der Waals surface area contributed by atoms with Crippen LogP contribution < -0.4 is 4.31 Å². The van der Waals surface area contributed by atoms with Crippen molar-refractivity contribution in [3.8, 4) is 5.75 Å². The van der Waals surface area contributed by atoms with E-state index in [1.807, 2.05) is 0 Å². The predicted octanol–water partition coefficient (Wildman–Crippen LogP) is 3.42. The standard InChI is InChI=1S/C23H25N3O5S/c1-2-31-23(28)16-25-21-9-6-10-22(20(21)15-24-25)26(17-11-13-18(27)14-12-17)32(29,30)19-7-4-3-5-8-19/h3-5,7-8,11-15,22,27H,2,6,9-10,16H2,1H3. The van der Waals surface area contributed by atoms with Crippen LogP contribution in [0.5, 0.6) is 5.75 Å². The Balaban J connectivity index is 1.79. The number of rotatable bonds is 7. The zero-order valence-corrected chi connectivity index (χ0v) is 18.5. The smallest absolute Gasteiger partial charge is 0.327 e. The molecule has 32 heavy (non-hydrogen) atoms. The Morgan fingerprint density at radius 1 is 1.19 bits per heavy atom. The average Bonchev–Trinajstić information content (AvgIpc) is 3.19. The number of anilines is 1. The lowest BCUT2D eigenvalue weighted by atomic mass is 9.92. The maximum atomic E-state index is 13.8. The molecule has 3 aromatic rings. The molecule has 0 saturated carbocycles. The van der Waals surface area contributed by atoms with E-state index in [1.54, 1.807) is 60.3 Å². The quantitative estimate of drug-likeness (QED) is 0.548. The summed E-state index contributed by atoms with van der Waals surface area (Å²) in [7, 11) is -3.91. The number of phenols is 1. The lowest BCUT2D eigenvalue weighted by Gasteiger charge is -2.35. The number of carbonyl (C=O) groups is 1. The molecule has 1 atom stereocenters. The van der Waals surface area contributed by atoms with Gasteiger partial charge < -0.3 is 9.84 Å². The van der Waals surface area contributed by atoms with Crippen LogP contribution in [-0.2, 0) is 32.5 Å². The van der Waals surface area contributed by atoms with Crippen molar-refractivity contribution in [3.63, 3.8) is 0 Å². The first-order valence-electron chi connectivity index (χ1n) is 10.5. The van der Waals surface area contributed by atoms with E-state index in [2.05, 4.69) is 5.10 Å². The second kappa shape index (κ2) is 9.04. The van der Waals surface area contributed by atoms with Gasteiger partial charge in [0.25, 0.3) is 10.0 Å². The first-order chi connectivity index (χ1) is 15.4. The fraction of sp³-hybridized carbons (Fsp3) is 0.304. The van der Waals surface area contributed by atoms with Crippen molar-refractivity contribution in [2.24, 2.45) is 0 Å². The molecule has 0 amide bonds. The van der Waals surface area contributed by atoms with E-state index < -0.39 is 16.1 Å². The Labute approximate surface area is 187 Å². The first-order valence-corrected chi connectivity index (χ1v) is 11.9. The molecule has 1 aliphatic rings. The van der Waals surface area contributed by atoms with E-state index in [0.29, 0.717) is 18.5 Å². The predicted molar refractivity (Wildman–Crippen MR) is 119 cm³/mol. The number of fused-ring (bicyclic) bond motifs is 1. The highest BCUT2D eigenvalue weighted by Gasteiger charge is 2.37. The molecule has 168 valence electrons. The maximum Gasteiger partial charge on any atom is 0.327 e. The van der Waals surface area contributed by atoms with Crippen LogP contribution in [0.4, 0.5) is 5.69 Å². The summed E-state index contributed by atoms with van der Waals surface area (Å²) in [5.74, 6) is -0.329. The molecule has 0 spiro atoms. The molecule has 1 N–H and O–H groups in total. The average molecular weight is 456 g/mol. The fourth-order valence-corrected chi connectivity index (χ4v) is 5.78. The van der Waals surface area contributed by atoms with Gasteiger partial charge in [0.2, 0.25) is 0 Å². The summed E-state index contributed by atoms with van der Waals surface area (Å²) in [4.78, 5) is 12.2. The lowest BCUT2D eigenvalue weighted by Crippen LogP contribution is -2.37. The minimum Gasteiger partial charge on any atom is -0.508 e. The molecular weight excluding hydrogens is 430 g/mol. The number of hydrogen-bond donors (Lipinski definition) is 1. The number of aromatic nitrogens is 2. The van der Waals surface area contributed by atoms with E-state index in [-0.39, 0.29) is 29.8 Å². The third-order valence-electron chi connectivity index (χ3n) is 5.50. The summed E-state index contributed by atoms with van der Waals surface area (Å²) >= 11 is 0. The molecule has 8 nitrogen and oxygen atoms in total. The van der Waals surface area contributed by atoms with E-state index in [4.69, 9.17) is 4.74 Å². The van der Waals surface area contributed by atoms with Crippen molar-refractivity contribution in [3.05, 3.63) is 72.1 Å². The van der Waals surface area contributed by atoms with Crippen LogP contribution >= 0.6 is 0 Å². The van der Waals surface area contributed by atoms with Crippen molar-refractivity contribution in [2.45, 2.75) is 43.7 Å². The minimum absolute atomic E-state index is 0.0134. The molecule has 9 heteroatoms. The van der Waals surface area contributed by atoms with Gasteiger partial charge in [-0.2, -0.15) is 5.10 Å². The second-order valence-corrected chi connectivity index (χ2v) is 9.36. The molecule has 0 radical (unpaired) electrons. The highest BCUT2D eigenvalue weighted by molar-refractivity contribution is 7.92. The molecule has 4 rings (SSSR count). The zero-order valence-electron chi connectivity index (χ0n) is 17.7. The molecule has 0 aliphatic heterocycles. The van der Waals surface area contributed by atoms with Crippen LogP contribution in [0.15, 0.2) is 65.7 Å². The Kier molecular flexibility index (Phi) is 6.18. The SMILES string of the molecule is CCOC(=O)Cn1ncc2c1CCCC2N(c1ccc(O)cc1)S(=O)(=O)c1ccccc1. The number of aromatic hydroxyl groups is 1. The maximum absolute atomic E-state index is 13.8. The molecule has 0 saturated heterocycles. The first kappa shape index (κ1) is 21.9.